The van der Waals surface area contributed by atoms with Crippen molar-refractivity contribution >= 4 is 11.3 Å². The minimum absolute atomic E-state index is 0.247. The number of hydrogen-bond donors (Lipinski definition) is 3. The molecule has 1 fully saturated rings. The fraction of sp³-hybridized carbons (Fsp3) is 0.471. The van der Waals surface area contributed by atoms with E-state index in [2.05, 4.69) is 22.7 Å². The molecule has 2 aromatic rings. The second-order valence-corrected chi connectivity index (χ2v) is 6.65. The number of fused-ring (bicyclic) bond motifs is 1. The van der Waals surface area contributed by atoms with E-state index in [9.17, 15) is 15.5 Å². The number of aliphatic hydroxyl groups excluding tert-OH is 1. The average molecular weight is 359 g/mol. The molecule has 9 nitrogen and oxygen atoms in total. The number of nitrogens with two attached hydrogens (primary N) is 1. The van der Waals surface area contributed by atoms with Crippen molar-refractivity contribution in [2.24, 2.45) is 5.92 Å². The van der Waals surface area contributed by atoms with E-state index in [0.717, 1.165) is 0 Å². The molecule has 0 aliphatic carbocycles. The Bertz CT molecular complexity index is 868. The van der Waals surface area contributed by atoms with Gasteiger partial charge in [-0.2, -0.15) is 10.4 Å². The monoisotopic (exact) mass is 359 g/mol. The molecule has 4 atom stereocenters. The van der Waals surface area contributed by atoms with E-state index in [-0.39, 0.29) is 12.4 Å². The van der Waals surface area contributed by atoms with Crippen LogP contribution in [0.3, 0.4) is 0 Å². The summed E-state index contributed by atoms with van der Waals surface area (Å²) in [5.74, 6) is -1.82. The maximum Gasteiger partial charge on any atom is 0.223 e. The third-order valence-electron chi connectivity index (χ3n) is 4.41. The number of nitrogen functional groups attached to an aromatic ring is 1. The lowest BCUT2D eigenvalue weighted by Gasteiger charge is -2.33. The third-order valence-corrected chi connectivity index (χ3v) is 4.41. The molecule has 1 saturated heterocycles. The number of anilines is 1. The highest BCUT2D eigenvalue weighted by Crippen LogP contribution is 2.46. The van der Waals surface area contributed by atoms with Gasteiger partial charge in [0.2, 0.25) is 5.60 Å². The number of nitriles is 1. The van der Waals surface area contributed by atoms with Crippen LogP contribution in [0.1, 0.15) is 19.5 Å². The zero-order chi connectivity index (χ0) is 19.1. The van der Waals surface area contributed by atoms with Crippen LogP contribution in [0.2, 0.25) is 0 Å². The minimum atomic E-state index is -1.64. The van der Waals surface area contributed by atoms with Crippen LogP contribution in [-0.2, 0) is 15.1 Å². The number of aliphatic hydroxyl groups is 2. The molecule has 0 aromatic carbocycles. The zero-order valence-corrected chi connectivity index (χ0v) is 14.5. The Hall–Kier alpha value is -2.51. The number of ether oxygens (including phenoxy) is 2. The van der Waals surface area contributed by atoms with Crippen molar-refractivity contribution in [2.75, 3.05) is 12.3 Å². The fourth-order valence-electron chi connectivity index (χ4n) is 3.34. The van der Waals surface area contributed by atoms with Crippen LogP contribution >= 0.6 is 0 Å². The lowest BCUT2D eigenvalue weighted by molar-refractivity contribution is -0.230. The highest BCUT2D eigenvalue weighted by atomic mass is 16.7. The predicted octanol–water partition coefficient (Wildman–Crippen LogP) is 0.337. The first-order valence-corrected chi connectivity index (χ1v) is 8.08. The van der Waals surface area contributed by atoms with Gasteiger partial charge in [-0.1, -0.05) is 6.08 Å². The Morgan fingerprint density at radius 3 is 2.88 bits per heavy atom. The predicted molar refractivity (Wildman–Crippen MR) is 91.5 cm³/mol. The summed E-state index contributed by atoms with van der Waals surface area (Å²) in [5, 5.41) is 34.1. The van der Waals surface area contributed by atoms with Crippen LogP contribution in [0.5, 0.6) is 0 Å². The molecule has 3 heterocycles. The molecule has 0 amide bonds. The maximum absolute atomic E-state index is 10.2. The molecular weight excluding hydrogens is 338 g/mol. The summed E-state index contributed by atoms with van der Waals surface area (Å²) in [6, 6.07) is 5.47. The number of aromatic nitrogens is 3. The molecule has 138 valence electrons. The van der Waals surface area contributed by atoms with Crippen LogP contribution in [-0.4, -0.2) is 49.4 Å². The van der Waals surface area contributed by atoms with Crippen molar-refractivity contribution in [1.29, 1.82) is 5.26 Å². The highest BCUT2D eigenvalue weighted by Gasteiger charge is 2.59. The normalized spacial score (nSPS) is 29.0. The van der Waals surface area contributed by atoms with E-state index in [1.54, 1.807) is 18.2 Å². The summed E-state index contributed by atoms with van der Waals surface area (Å²) < 4.78 is 13.2. The van der Waals surface area contributed by atoms with Gasteiger partial charge in [0, 0.05) is 5.92 Å². The first kappa shape index (κ1) is 18.3. The van der Waals surface area contributed by atoms with Crippen LogP contribution in [0.25, 0.3) is 5.52 Å². The van der Waals surface area contributed by atoms with E-state index >= 15 is 0 Å². The average Bonchev–Trinajstić information content (AvgIpc) is 3.14. The highest BCUT2D eigenvalue weighted by molar-refractivity contribution is 5.66. The van der Waals surface area contributed by atoms with Crippen molar-refractivity contribution in [3.05, 3.63) is 36.8 Å². The van der Waals surface area contributed by atoms with Crippen LogP contribution < -0.4 is 5.73 Å². The Balaban J connectivity index is 2.22. The summed E-state index contributed by atoms with van der Waals surface area (Å²) in [4.78, 5) is 3.93. The van der Waals surface area contributed by atoms with E-state index < -0.39 is 29.5 Å². The Labute approximate surface area is 150 Å². The molecule has 3 rings (SSSR count). The second-order valence-electron chi connectivity index (χ2n) is 6.65. The molecule has 26 heavy (non-hydrogen) atoms. The van der Waals surface area contributed by atoms with E-state index in [0.29, 0.717) is 11.2 Å². The number of rotatable bonds is 5. The van der Waals surface area contributed by atoms with Crippen LogP contribution in [0.4, 0.5) is 5.82 Å². The van der Waals surface area contributed by atoms with Gasteiger partial charge in [0.05, 0.1) is 18.4 Å². The van der Waals surface area contributed by atoms with Gasteiger partial charge >= 0.3 is 0 Å². The fourth-order valence-corrected chi connectivity index (χ4v) is 3.34. The first-order valence-electron chi connectivity index (χ1n) is 8.08. The van der Waals surface area contributed by atoms with E-state index in [4.69, 9.17) is 15.2 Å². The quantitative estimate of drug-likeness (QED) is 0.513. The molecule has 0 spiro atoms. The number of nitrogens with zero attached hydrogens (tertiary/aromatic N) is 4. The SMILES string of the molecule is C=C[C@H]1[C@@H](OC(C)(C)O)[C@](C#N)(c2ccc3c(N)ncnn23)O[C@@H]1CO. The molecular formula is C17H21N5O4. The number of hydrogen-bond acceptors (Lipinski definition) is 8. The summed E-state index contributed by atoms with van der Waals surface area (Å²) in [6.45, 7) is 6.34. The summed E-state index contributed by atoms with van der Waals surface area (Å²) in [7, 11) is 0. The van der Waals surface area contributed by atoms with Gasteiger partial charge in [0.25, 0.3) is 0 Å². The van der Waals surface area contributed by atoms with E-state index in [1.165, 1.54) is 24.7 Å². The van der Waals surface area contributed by atoms with Gasteiger partial charge in [0.1, 0.15) is 24.0 Å². The van der Waals surface area contributed by atoms with Gasteiger partial charge < -0.3 is 25.4 Å². The van der Waals surface area contributed by atoms with Gasteiger partial charge in [-0.05, 0) is 26.0 Å². The lowest BCUT2D eigenvalue weighted by Crippen LogP contribution is -2.45. The molecule has 0 radical (unpaired) electrons. The van der Waals surface area contributed by atoms with E-state index in [1.807, 2.05) is 0 Å². The van der Waals surface area contributed by atoms with Crippen molar-refractivity contribution < 1.29 is 19.7 Å². The molecule has 2 aromatic heterocycles. The molecule has 9 heteroatoms. The van der Waals surface area contributed by atoms with Gasteiger partial charge in [0.15, 0.2) is 11.6 Å². The Kier molecular flexibility index (Phi) is 4.46. The first-order chi connectivity index (χ1) is 12.3. The summed E-state index contributed by atoms with van der Waals surface area (Å²) in [5.41, 5.74) is 5.10. The lowest BCUT2D eigenvalue weighted by atomic mass is 9.86. The van der Waals surface area contributed by atoms with Crippen LogP contribution in [0, 0.1) is 17.2 Å². The molecule has 0 bridgehead atoms. The van der Waals surface area contributed by atoms with Gasteiger partial charge in [-0.15, -0.1) is 6.58 Å². The molecule has 1 aliphatic rings. The molecule has 0 unspecified atom stereocenters. The van der Waals surface area contributed by atoms with Gasteiger partial charge in [-0.25, -0.2) is 9.50 Å². The standard InChI is InChI=1S/C17H21N5O4/c1-4-10-12(7-23)25-17(8-18,14(10)26-16(2,3)24)13-6-5-11-15(19)20-9-21-22(11)13/h4-6,9-10,12,14,23-24H,1,7H2,2-3H3,(H2,19,20,21)/t10-,12-,14-,17+/m1/s1. The molecule has 4 N–H and O–H groups in total. The summed E-state index contributed by atoms with van der Waals surface area (Å²) in [6.07, 6.45) is 1.16. The third kappa shape index (κ3) is 2.73. The smallest absolute Gasteiger partial charge is 0.223 e. The summed E-state index contributed by atoms with van der Waals surface area (Å²) >= 11 is 0. The van der Waals surface area contributed by atoms with Crippen molar-refractivity contribution in [3.8, 4) is 6.07 Å². The maximum atomic E-state index is 10.2. The minimum Gasteiger partial charge on any atom is -0.394 e. The topological polar surface area (TPSA) is 139 Å². The zero-order valence-electron chi connectivity index (χ0n) is 14.5. The Morgan fingerprint density at radius 1 is 1.58 bits per heavy atom. The van der Waals surface area contributed by atoms with Crippen LogP contribution in [0.15, 0.2) is 31.1 Å². The Morgan fingerprint density at radius 2 is 2.31 bits per heavy atom. The largest absolute Gasteiger partial charge is 0.394 e. The van der Waals surface area contributed by atoms with Crippen molar-refractivity contribution in [3.63, 3.8) is 0 Å². The second kappa shape index (κ2) is 6.34. The van der Waals surface area contributed by atoms with Crippen molar-refractivity contribution in [2.45, 2.75) is 37.4 Å². The molecule has 0 saturated carbocycles. The van der Waals surface area contributed by atoms with Gasteiger partial charge in [-0.3, -0.25) is 0 Å². The van der Waals surface area contributed by atoms with Crippen molar-refractivity contribution in [1.82, 2.24) is 14.6 Å². The molecule has 1 aliphatic heterocycles.